The van der Waals surface area contributed by atoms with Gasteiger partial charge in [0, 0.05) is 18.8 Å². The fraction of sp³-hybridized carbons (Fsp3) is 0.364. The number of fused-ring (bicyclic) bond motifs is 1. The normalized spacial score (nSPS) is 12.6. The van der Waals surface area contributed by atoms with Crippen LogP contribution in [0, 0.1) is 0 Å². The number of hydrogen-bond acceptors (Lipinski definition) is 4. The lowest BCUT2D eigenvalue weighted by Gasteiger charge is -2.20. The second-order valence-electron chi connectivity index (χ2n) is 6.98. The van der Waals surface area contributed by atoms with E-state index in [0.717, 1.165) is 38.9 Å². The summed E-state index contributed by atoms with van der Waals surface area (Å²) in [6.45, 7) is 5.63. The molecule has 5 nitrogen and oxygen atoms in total. The number of hydrogen-bond donors (Lipinski definition) is 1. The van der Waals surface area contributed by atoms with Gasteiger partial charge < -0.3 is 5.73 Å². The predicted molar refractivity (Wildman–Crippen MR) is 122 cm³/mol. The summed E-state index contributed by atoms with van der Waals surface area (Å²) in [5.74, 6) is -0.421. The van der Waals surface area contributed by atoms with Crippen molar-refractivity contribution in [3.8, 4) is 0 Å². The smallest absolute Gasteiger partial charge is 0.261 e. The number of halogens is 2. The van der Waals surface area contributed by atoms with E-state index in [-0.39, 0.29) is 36.6 Å². The molecule has 7 heteroatoms. The molecule has 0 radical (unpaired) electrons. The molecule has 2 N–H and O–H groups in total. The molecular weight excluding hydrogens is 409 g/mol. The fourth-order valence-corrected chi connectivity index (χ4v) is 3.48. The maximum absolute atomic E-state index is 12.4. The zero-order valence-electron chi connectivity index (χ0n) is 16.7. The van der Waals surface area contributed by atoms with Crippen LogP contribution in [0.25, 0.3) is 0 Å². The summed E-state index contributed by atoms with van der Waals surface area (Å²) < 4.78 is 0. The van der Waals surface area contributed by atoms with Gasteiger partial charge in [0.2, 0.25) is 0 Å². The van der Waals surface area contributed by atoms with Crippen LogP contribution in [0.3, 0.4) is 0 Å². The lowest BCUT2D eigenvalue weighted by Crippen LogP contribution is -2.31. The van der Waals surface area contributed by atoms with Crippen LogP contribution in [0.5, 0.6) is 0 Å². The number of amides is 2. The standard InChI is InChI=1S/C22H27N3O2.2ClH/c1-2-24(16-17-9-5-3-6-10-17)13-7-4-8-14-25-21(26)19-12-11-18(23)15-20(19)22(25)27;;/h3,5-6,9-12,15H,2,4,7-8,13-14,16,23H2,1H3;2*1H. The molecule has 0 unspecified atom stereocenters. The van der Waals surface area contributed by atoms with Crippen LogP contribution in [0.1, 0.15) is 52.5 Å². The van der Waals surface area contributed by atoms with E-state index in [0.29, 0.717) is 23.4 Å². The van der Waals surface area contributed by atoms with E-state index in [4.69, 9.17) is 5.73 Å². The van der Waals surface area contributed by atoms with Crippen molar-refractivity contribution < 1.29 is 9.59 Å². The van der Waals surface area contributed by atoms with E-state index >= 15 is 0 Å². The van der Waals surface area contributed by atoms with E-state index in [1.165, 1.54) is 10.5 Å². The van der Waals surface area contributed by atoms with Gasteiger partial charge in [0.1, 0.15) is 0 Å². The monoisotopic (exact) mass is 437 g/mol. The van der Waals surface area contributed by atoms with Crippen LogP contribution in [0.4, 0.5) is 5.69 Å². The van der Waals surface area contributed by atoms with Crippen molar-refractivity contribution in [3.63, 3.8) is 0 Å². The number of benzene rings is 2. The number of nitrogens with two attached hydrogens (primary N) is 1. The first kappa shape index (κ1) is 25.0. The van der Waals surface area contributed by atoms with E-state index in [2.05, 4.69) is 36.1 Å². The SMILES string of the molecule is CCN(CCCCCN1C(=O)c2ccc(N)cc2C1=O)Cc1ccccc1.Cl.Cl. The van der Waals surface area contributed by atoms with Gasteiger partial charge in [0.15, 0.2) is 0 Å². The molecule has 1 aliphatic heterocycles. The molecule has 158 valence electrons. The molecule has 2 aromatic rings. The summed E-state index contributed by atoms with van der Waals surface area (Å²) >= 11 is 0. The molecular formula is C22H29Cl2N3O2. The Labute approximate surface area is 185 Å². The predicted octanol–water partition coefficient (Wildman–Crippen LogP) is 4.40. The van der Waals surface area contributed by atoms with Crippen LogP contribution in [-0.4, -0.2) is 41.2 Å². The van der Waals surface area contributed by atoms with E-state index in [1.807, 2.05) is 6.07 Å². The largest absolute Gasteiger partial charge is 0.399 e. The highest BCUT2D eigenvalue weighted by Crippen LogP contribution is 2.25. The maximum Gasteiger partial charge on any atom is 0.261 e. The molecule has 3 rings (SSSR count). The van der Waals surface area contributed by atoms with Crippen molar-refractivity contribution in [2.24, 2.45) is 0 Å². The third kappa shape index (κ3) is 6.20. The zero-order valence-corrected chi connectivity index (χ0v) is 18.3. The molecule has 29 heavy (non-hydrogen) atoms. The zero-order chi connectivity index (χ0) is 19.2. The lowest BCUT2D eigenvalue weighted by atomic mass is 10.1. The average Bonchev–Trinajstić information content (AvgIpc) is 2.91. The molecule has 0 saturated heterocycles. The highest BCUT2D eigenvalue weighted by Gasteiger charge is 2.34. The first-order chi connectivity index (χ1) is 13.1. The van der Waals surface area contributed by atoms with Gasteiger partial charge in [0.25, 0.3) is 11.8 Å². The van der Waals surface area contributed by atoms with Crippen molar-refractivity contribution in [3.05, 3.63) is 65.2 Å². The highest BCUT2D eigenvalue weighted by molar-refractivity contribution is 6.21. The molecule has 1 heterocycles. The lowest BCUT2D eigenvalue weighted by molar-refractivity contribution is 0.0651. The minimum absolute atomic E-state index is 0. The Morgan fingerprint density at radius 3 is 2.28 bits per heavy atom. The Hall–Kier alpha value is -2.08. The molecule has 0 fully saturated rings. The first-order valence-electron chi connectivity index (χ1n) is 9.62. The maximum atomic E-state index is 12.4. The second-order valence-corrected chi connectivity index (χ2v) is 6.98. The van der Waals surface area contributed by atoms with Gasteiger partial charge in [-0.05, 0) is 49.7 Å². The summed E-state index contributed by atoms with van der Waals surface area (Å²) in [4.78, 5) is 28.6. The molecule has 2 aromatic carbocycles. The number of carbonyl (C=O) groups is 2. The molecule has 0 spiro atoms. The second kappa shape index (κ2) is 11.8. The Kier molecular flexibility index (Phi) is 10.2. The Morgan fingerprint density at radius 2 is 1.59 bits per heavy atom. The van der Waals surface area contributed by atoms with Gasteiger partial charge in [-0.25, -0.2) is 0 Å². The molecule has 2 amide bonds. The van der Waals surface area contributed by atoms with Crippen LogP contribution in [0.15, 0.2) is 48.5 Å². The third-order valence-electron chi connectivity index (χ3n) is 5.05. The minimum Gasteiger partial charge on any atom is -0.399 e. The summed E-state index contributed by atoms with van der Waals surface area (Å²) in [6, 6.07) is 15.4. The summed E-state index contributed by atoms with van der Waals surface area (Å²) in [6.07, 6.45) is 2.86. The molecule has 0 atom stereocenters. The van der Waals surface area contributed by atoms with E-state index in [1.54, 1.807) is 18.2 Å². The minimum atomic E-state index is -0.221. The summed E-state index contributed by atoms with van der Waals surface area (Å²) in [5.41, 5.74) is 8.46. The number of rotatable bonds is 9. The Bertz CT molecular complexity index is 815. The number of nitrogens with zero attached hydrogens (tertiary/aromatic N) is 2. The van der Waals surface area contributed by atoms with E-state index in [9.17, 15) is 9.59 Å². The van der Waals surface area contributed by atoms with Gasteiger partial charge in [-0.3, -0.25) is 19.4 Å². The molecule has 0 bridgehead atoms. The molecule has 0 aliphatic carbocycles. The summed E-state index contributed by atoms with van der Waals surface area (Å²) in [5, 5.41) is 0. The van der Waals surface area contributed by atoms with Gasteiger partial charge >= 0.3 is 0 Å². The van der Waals surface area contributed by atoms with Crippen LogP contribution >= 0.6 is 24.8 Å². The van der Waals surface area contributed by atoms with Crippen molar-refractivity contribution in [2.45, 2.75) is 32.7 Å². The van der Waals surface area contributed by atoms with Crippen LogP contribution in [-0.2, 0) is 6.54 Å². The van der Waals surface area contributed by atoms with Crippen molar-refractivity contribution in [1.82, 2.24) is 9.80 Å². The summed E-state index contributed by atoms with van der Waals surface area (Å²) in [7, 11) is 0. The molecule has 0 aromatic heterocycles. The highest BCUT2D eigenvalue weighted by atomic mass is 35.5. The van der Waals surface area contributed by atoms with Gasteiger partial charge in [-0.1, -0.05) is 43.7 Å². The fourth-order valence-electron chi connectivity index (χ4n) is 3.48. The van der Waals surface area contributed by atoms with Crippen LogP contribution < -0.4 is 5.73 Å². The average molecular weight is 438 g/mol. The Morgan fingerprint density at radius 1 is 0.897 bits per heavy atom. The number of nitrogen functional groups attached to an aromatic ring is 1. The van der Waals surface area contributed by atoms with Crippen LogP contribution in [0.2, 0.25) is 0 Å². The van der Waals surface area contributed by atoms with E-state index < -0.39 is 0 Å². The Balaban J connectivity index is 0.00000210. The first-order valence-corrected chi connectivity index (χ1v) is 9.62. The van der Waals surface area contributed by atoms with Gasteiger partial charge in [-0.2, -0.15) is 0 Å². The number of unbranched alkanes of at least 4 members (excludes halogenated alkanes) is 2. The molecule has 0 saturated carbocycles. The van der Waals surface area contributed by atoms with Gasteiger partial charge in [-0.15, -0.1) is 24.8 Å². The van der Waals surface area contributed by atoms with Crippen molar-refractivity contribution in [1.29, 1.82) is 0 Å². The quantitative estimate of drug-likeness (QED) is 0.358. The van der Waals surface area contributed by atoms with Gasteiger partial charge in [0.05, 0.1) is 11.1 Å². The topological polar surface area (TPSA) is 66.6 Å². The number of imide groups is 1. The van der Waals surface area contributed by atoms with Crippen molar-refractivity contribution in [2.75, 3.05) is 25.4 Å². The third-order valence-corrected chi connectivity index (χ3v) is 5.05. The number of carbonyl (C=O) groups excluding carboxylic acids is 2. The van der Waals surface area contributed by atoms with Crippen molar-refractivity contribution >= 4 is 42.3 Å². The molecule has 1 aliphatic rings. The number of anilines is 1.